The fourth-order valence-electron chi connectivity index (χ4n) is 4.15. The number of benzene rings is 2. The summed E-state index contributed by atoms with van der Waals surface area (Å²) in [6, 6.07) is 18.4. The minimum absolute atomic E-state index is 0.156. The molecule has 3 nitrogen and oxygen atoms in total. The van der Waals surface area contributed by atoms with Crippen LogP contribution in [0.2, 0.25) is 0 Å². The summed E-state index contributed by atoms with van der Waals surface area (Å²) in [6.45, 7) is -0.177. The van der Waals surface area contributed by atoms with Crippen LogP contribution in [0.3, 0.4) is 0 Å². The predicted molar refractivity (Wildman–Crippen MR) is 104 cm³/mol. The fraction of sp³-hybridized carbons (Fsp3) is 0.455. The molecule has 3 atom stereocenters. The van der Waals surface area contributed by atoms with Crippen LogP contribution in [0, 0.1) is 0 Å². The maximum atomic E-state index is 13.2. The summed E-state index contributed by atoms with van der Waals surface area (Å²) < 4.78 is 39.6. The standard InChI is InChI=1S/C22H27F3N2O/c1-26(14-17-8-4-2-5-9-17)19-12-13-20(21(19)28)27(16-22(23,24)25)15-18-10-6-3-7-11-18/h2-11,19-21,28H,12-16H2,1H3/t19-,20-,21-/m1/s1. The molecule has 0 radical (unpaired) electrons. The number of aliphatic hydroxyl groups excluding tert-OH is 1. The lowest BCUT2D eigenvalue weighted by Crippen LogP contribution is -2.49. The molecule has 1 saturated carbocycles. The van der Waals surface area contributed by atoms with Gasteiger partial charge in [0.2, 0.25) is 0 Å². The van der Waals surface area contributed by atoms with Crippen molar-refractivity contribution in [3.8, 4) is 0 Å². The van der Waals surface area contributed by atoms with E-state index >= 15 is 0 Å². The molecule has 0 saturated heterocycles. The minimum Gasteiger partial charge on any atom is -0.390 e. The van der Waals surface area contributed by atoms with Crippen LogP contribution in [-0.2, 0) is 13.1 Å². The average Bonchev–Trinajstić information content (AvgIpc) is 3.03. The highest BCUT2D eigenvalue weighted by Crippen LogP contribution is 2.32. The molecule has 3 rings (SSSR count). The van der Waals surface area contributed by atoms with Crippen molar-refractivity contribution in [2.75, 3.05) is 13.6 Å². The molecule has 2 aromatic carbocycles. The maximum Gasteiger partial charge on any atom is 0.401 e. The van der Waals surface area contributed by atoms with Crippen LogP contribution in [0.15, 0.2) is 60.7 Å². The summed E-state index contributed by atoms with van der Waals surface area (Å²) >= 11 is 0. The largest absolute Gasteiger partial charge is 0.401 e. The Morgan fingerprint density at radius 3 is 1.89 bits per heavy atom. The first-order valence-electron chi connectivity index (χ1n) is 9.60. The average molecular weight is 392 g/mol. The third-order valence-corrected chi connectivity index (χ3v) is 5.47. The first-order valence-corrected chi connectivity index (χ1v) is 9.60. The van der Waals surface area contributed by atoms with Crippen molar-refractivity contribution in [1.29, 1.82) is 0 Å². The van der Waals surface area contributed by atoms with E-state index < -0.39 is 24.9 Å². The van der Waals surface area contributed by atoms with Crippen molar-refractivity contribution in [3.63, 3.8) is 0 Å². The summed E-state index contributed by atoms with van der Waals surface area (Å²) in [4.78, 5) is 3.44. The molecule has 0 aromatic heterocycles. The van der Waals surface area contributed by atoms with Crippen LogP contribution in [0.1, 0.15) is 24.0 Å². The molecule has 1 aliphatic carbocycles. The van der Waals surface area contributed by atoms with Crippen molar-refractivity contribution in [2.24, 2.45) is 0 Å². The Kier molecular flexibility index (Phi) is 6.75. The van der Waals surface area contributed by atoms with E-state index in [1.807, 2.05) is 72.6 Å². The number of alkyl halides is 3. The smallest absolute Gasteiger partial charge is 0.390 e. The molecule has 0 spiro atoms. The highest BCUT2D eigenvalue weighted by molar-refractivity contribution is 5.16. The van der Waals surface area contributed by atoms with E-state index in [4.69, 9.17) is 0 Å². The van der Waals surface area contributed by atoms with E-state index in [9.17, 15) is 18.3 Å². The highest BCUT2D eigenvalue weighted by Gasteiger charge is 2.43. The number of hydrogen-bond acceptors (Lipinski definition) is 3. The Hall–Kier alpha value is -1.89. The van der Waals surface area contributed by atoms with E-state index in [0.29, 0.717) is 19.4 Å². The quantitative estimate of drug-likeness (QED) is 0.769. The first kappa shape index (κ1) is 20.8. The van der Waals surface area contributed by atoms with Crippen LogP contribution in [-0.4, -0.2) is 52.9 Å². The van der Waals surface area contributed by atoms with Crippen molar-refractivity contribution < 1.29 is 18.3 Å². The second kappa shape index (κ2) is 9.07. The molecule has 0 unspecified atom stereocenters. The Bertz CT molecular complexity index is 724. The van der Waals surface area contributed by atoms with E-state index in [2.05, 4.69) is 0 Å². The zero-order valence-corrected chi connectivity index (χ0v) is 16.0. The lowest BCUT2D eigenvalue weighted by atomic mass is 10.1. The Labute approximate surface area is 164 Å². The number of rotatable bonds is 7. The van der Waals surface area contributed by atoms with Crippen LogP contribution in [0.5, 0.6) is 0 Å². The topological polar surface area (TPSA) is 26.7 Å². The second-order valence-electron chi connectivity index (χ2n) is 7.61. The maximum absolute atomic E-state index is 13.2. The van der Waals surface area contributed by atoms with Gasteiger partial charge in [0.25, 0.3) is 0 Å². The molecular formula is C22H27F3N2O. The van der Waals surface area contributed by atoms with Crippen molar-refractivity contribution >= 4 is 0 Å². The highest BCUT2D eigenvalue weighted by atomic mass is 19.4. The van der Waals surface area contributed by atoms with Gasteiger partial charge in [-0.3, -0.25) is 9.80 Å². The third kappa shape index (κ3) is 5.56. The molecule has 1 N–H and O–H groups in total. The number of hydrogen-bond donors (Lipinski definition) is 1. The number of likely N-dealkylation sites (N-methyl/N-ethyl adjacent to an activating group) is 1. The number of halogens is 3. The summed E-state index contributed by atoms with van der Waals surface area (Å²) in [6.07, 6.45) is -3.89. The number of nitrogens with zero attached hydrogens (tertiary/aromatic N) is 2. The molecule has 6 heteroatoms. The van der Waals surface area contributed by atoms with Crippen LogP contribution in [0.4, 0.5) is 13.2 Å². The zero-order chi connectivity index (χ0) is 20.1. The normalized spacial score (nSPS) is 22.9. The fourth-order valence-corrected chi connectivity index (χ4v) is 4.15. The van der Waals surface area contributed by atoms with Gasteiger partial charge in [-0.25, -0.2) is 0 Å². The van der Waals surface area contributed by atoms with Crippen LogP contribution in [0.25, 0.3) is 0 Å². The summed E-state index contributed by atoms with van der Waals surface area (Å²) in [5, 5.41) is 10.9. The molecule has 0 heterocycles. The molecule has 0 bridgehead atoms. The molecule has 28 heavy (non-hydrogen) atoms. The first-order chi connectivity index (χ1) is 13.3. The van der Waals surface area contributed by atoms with E-state index in [0.717, 1.165) is 11.1 Å². The summed E-state index contributed by atoms with van der Waals surface area (Å²) in [7, 11) is 1.93. The molecule has 152 valence electrons. The lowest BCUT2D eigenvalue weighted by Gasteiger charge is -2.34. The van der Waals surface area contributed by atoms with E-state index in [1.165, 1.54) is 4.90 Å². The van der Waals surface area contributed by atoms with Gasteiger partial charge in [0.15, 0.2) is 0 Å². The third-order valence-electron chi connectivity index (χ3n) is 5.47. The van der Waals surface area contributed by atoms with Gasteiger partial charge in [0, 0.05) is 25.2 Å². The summed E-state index contributed by atoms with van der Waals surface area (Å²) in [5.74, 6) is 0. The molecule has 2 aromatic rings. The molecule has 1 aliphatic rings. The monoisotopic (exact) mass is 392 g/mol. The van der Waals surface area contributed by atoms with Gasteiger partial charge in [-0.1, -0.05) is 60.7 Å². The van der Waals surface area contributed by atoms with Crippen LogP contribution < -0.4 is 0 Å². The summed E-state index contributed by atoms with van der Waals surface area (Å²) in [5.41, 5.74) is 1.94. The predicted octanol–water partition coefficient (Wildman–Crippen LogP) is 4.07. The number of aliphatic hydroxyl groups is 1. The Morgan fingerprint density at radius 1 is 0.857 bits per heavy atom. The van der Waals surface area contributed by atoms with Gasteiger partial charge in [-0.05, 0) is 31.0 Å². The van der Waals surface area contributed by atoms with Gasteiger partial charge < -0.3 is 5.11 Å². The second-order valence-corrected chi connectivity index (χ2v) is 7.61. The van der Waals surface area contributed by atoms with Crippen molar-refractivity contribution in [1.82, 2.24) is 9.80 Å². The van der Waals surface area contributed by atoms with Crippen molar-refractivity contribution in [2.45, 2.75) is 50.3 Å². The van der Waals surface area contributed by atoms with Gasteiger partial charge in [-0.15, -0.1) is 0 Å². The van der Waals surface area contributed by atoms with Crippen LogP contribution >= 0.6 is 0 Å². The van der Waals surface area contributed by atoms with E-state index in [-0.39, 0.29) is 12.6 Å². The Balaban J connectivity index is 1.70. The Morgan fingerprint density at radius 2 is 1.36 bits per heavy atom. The molecule has 1 fully saturated rings. The zero-order valence-electron chi connectivity index (χ0n) is 16.0. The van der Waals surface area contributed by atoms with Gasteiger partial charge in [0.1, 0.15) is 0 Å². The molecular weight excluding hydrogens is 365 g/mol. The van der Waals surface area contributed by atoms with Crippen molar-refractivity contribution in [3.05, 3.63) is 71.8 Å². The van der Waals surface area contributed by atoms with Gasteiger partial charge in [0.05, 0.1) is 12.6 Å². The molecule has 0 amide bonds. The lowest BCUT2D eigenvalue weighted by molar-refractivity contribution is -0.156. The van der Waals surface area contributed by atoms with Gasteiger partial charge in [-0.2, -0.15) is 13.2 Å². The SMILES string of the molecule is CN(Cc1ccccc1)[C@@H]1CC[C@@H](N(Cc2ccccc2)CC(F)(F)F)[C@@H]1O. The van der Waals surface area contributed by atoms with Gasteiger partial charge >= 0.3 is 6.18 Å². The molecule has 0 aliphatic heterocycles. The van der Waals surface area contributed by atoms with E-state index in [1.54, 1.807) is 0 Å². The minimum atomic E-state index is -4.30.